The van der Waals surface area contributed by atoms with E-state index in [1.165, 1.54) is 17.1 Å². The first-order chi connectivity index (χ1) is 9.65. The monoisotopic (exact) mass is 338 g/mol. The van der Waals surface area contributed by atoms with Crippen LogP contribution in [0.4, 0.5) is 5.69 Å². The Bertz CT molecular complexity index is 672. The smallest absolute Gasteiger partial charge is 0.311 e. The molecular formula is C11H18N2O6S2. The highest BCUT2D eigenvalue weighted by molar-refractivity contribution is 7.91. The van der Waals surface area contributed by atoms with E-state index in [-0.39, 0.29) is 4.90 Å². The zero-order valence-electron chi connectivity index (χ0n) is 11.5. The first kappa shape index (κ1) is 17.9. The second-order valence-corrected chi connectivity index (χ2v) is 7.46. The van der Waals surface area contributed by atoms with E-state index in [1.807, 2.05) is 6.92 Å². The highest BCUT2D eigenvalue weighted by Crippen LogP contribution is 2.19. The van der Waals surface area contributed by atoms with Gasteiger partial charge in [0.1, 0.15) is 0 Å². The van der Waals surface area contributed by atoms with Crippen LogP contribution in [0.2, 0.25) is 0 Å². The highest BCUT2D eigenvalue weighted by atomic mass is 32.3. The molecule has 0 atom stereocenters. The molecule has 1 aromatic carbocycles. The average Bonchev–Trinajstić information content (AvgIpc) is 2.37. The number of hydrazine groups is 1. The number of nitrogens with two attached hydrogens (primary N) is 1. The van der Waals surface area contributed by atoms with Crippen LogP contribution in [-0.2, 0) is 24.4 Å². The van der Waals surface area contributed by atoms with Gasteiger partial charge in [0.05, 0.1) is 22.9 Å². The Morgan fingerprint density at radius 2 is 1.95 bits per heavy atom. The molecule has 0 aliphatic rings. The molecule has 0 saturated heterocycles. The Balaban J connectivity index is 2.86. The number of sulfone groups is 1. The summed E-state index contributed by atoms with van der Waals surface area (Å²) >= 11 is 0. The summed E-state index contributed by atoms with van der Waals surface area (Å²) < 4.78 is 57.2. The van der Waals surface area contributed by atoms with Gasteiger partial charge in [-0.2, -0.15) is 8.42 Å². The van der Waals surface area contributed by atoms with E-state index < -0.39 is 32.6 Å². The maximum atomic E-state index is 12.0. The Hall–Kier alpha value is -1.20. The van der Waals surface area contributed by atoms with Crippen molar-refractivity contribution in [2.75, 3.05) is 23.9 Å². The summed E-state index contributed by atoms with van der Waals surface area (Å²) in [5.74, 6) is 5.20. The Kier molecular flexibility index (Phi) is 6.10. The van der Waals surface area contributed by atoms with Crippen molar-refractivity contribution in [1.82, 2.24) is 0 Å². The molecular weight excluding hydrogens is 320 g/mol. The molecule has 1 rings (SSSR count). The SMILES string of the molecule is CCCN(N)c1cccc(S(=O)(=O)CCOS(=O)(=O)O)c1. The minimum absolute atomic E-state index is 0.00508. The van der Waals surface area contributed by atoms with Crippen LogP contribution in [0.3, 0.4) is 0 Å². The van der Waals surface area contributed by atoms with Gasteiger partial charge in [-0.3, -0.25) is 4.55 Å². The lowest BCUT2D eigenvalue weighted by Gasteiger charge is -2.18. The fourth-order valence-corrected chi connectivity index (χ4v) is 3.12. The van der Waals surface area contributed by atoms with Crippen LogP contribution < -0.4 is 10.9 Å². The van der Waals surface area contributed by atoms with E-state index in [9.17, 15) is 16.8 Å². The molecule has 0 bridgehead atoms. The third kappa shape index (κ3) is 5.98. The zero-order chi connectivity index (χ0) is 16.1. The highest BCUT2D eigenvalue weighted by Gasteiger charge is 2.17. The summed E-state index contributed by atoms with van der Waals surface area (Å²) in [5, 5.41) is 1.42. The Labute approximate surface area is 124 Å². The zero-order valence-corrected chi connectivity index (χ0v) is 13.1. The number of rotatable bonds is 8. The van der Waals surface area contributed by atoms with Crippen molar-refractivity contribution in [2.45, 2.75) is 18.2 Å². The van der Waals surface area contributed by atoms with Crippen LogP contribution in [0.15, 0.2) is 29.2 Å². The molecule has 0 saturated carbocycles. The summed E-state index contributed by atoms with van der Waals surface area (Å²) in [6.45, 7) is 1.84. The van der Waals surface area contributed by atoms with E-state index in [2.05, 4.69) is 4.18 Å². The van der Waals surface area contributed by atoms with E-state index in [0.29, 0.717) is 12.2 Å². The van der Waals surface area contributed by atoms with Crippen molar-refractivity contribution in [3.63, 3.8) is 0 Å². The van der Waals surface area contributed by atoms with E-state index >= 15 is 0 Å². The summed E-state index contributed by atoms with van der Waals surface area (Å²) in [6.07, 6.45) is 0.801. The number of anilines is 1. The van der Waals surface area contributed by atoms with Crippen molar-refractivity contribution in [3.05, 3.63) is 24.3 Å². The van der Waals surface area contributed by atoms with Gasteiger partial charge < -0.3 is 5.01 Å². The van der Waals surface area contributed by atoms with Gasteiger partial charge in [0.15, 0.2) is 9.84 Å². The molecule has 0 aliphatic heterocycles. The van der Waals surface area contributed by atoms with Gasteiger partial charge in [-0.1, -0.05) is 13.0 Å². The van der Waals surface area contributed by atoms with Crippen LogP contribution in [-0.4, -0.2) is 40.3 Å². The number of hydrogen-bond donors (Lipinski definition) is 2. The summed E-state index contributed by atoms with van der Waals surface area (Å²) in [5.41, 5.74) is 0.536. The lowest BCUT2D eigenvalue weighted by molar-refractivity contribution is 0.284. The van der Waals surface area contributed by atoms with Crippen molar-refractivity contribution in [1.29, 1.82) is 0 Å². The van der Waals surface area contributed by atoms with E-state index in [4.69, 9.17) is 10.4 Å². The molecule has 21 heavy (non-hydrogen) atoms. The fraction of sp³-hybridized carbons (Fsp3) is 0.455. The summed E-state index contributed by atoms with van der Waals surface area (Å²) in [7, 11) is -8.39. The normalized spacial score (nSPS) is 12.3. The predicted octanol–water partition coefficient (Wildman–Crippen LogP) is 0.370. The topological polar surface area (TPSA) is 127 Å². The number of benzene rings is 1. The first-order valence-electron chi connectivity index (χ1n) is 6.12. The molecule has 0 fully saturated rings. The van der Waals surface area contributed by atoms with Crippen LogP contribution >= 0.6 is 0 Å². The fourth-order valence-electron chi connectivity index (χ4n) is 1.59. The molecule has 0 radical (unpaired) electrons. The van der Waals surface area contributed by atoms with Crippen LogP contribution in [0.1, 0.15) is 13.3 Å². The second kappa shape index (κ2) is 7.18. The van der Waals surface area contributed by atoms with Crippen LogP contribution in [0, 0.1) is 0 Å². The summed E-state index contributed by atoms with van der Waals surface area (Å²) in [6, 6.07) is 6.00. The average molecular weight is 338 g/mol. The molecule has 0 heterocycles. The lowest BCUT2D eigenvalue weighted by Crippen LogP contribution is -2.31. The van der Waals surface area contributed by atoms with Crippen LogP contribution in [0.25, 0.3) is 0 Å². The van der Waals surface area contributed by atoms with Crippen molar-refractivity contribution in [2.24, 2.45) is 5.84 Å². The molecule has 120 valence electrons. The van der Waals surface area contributed by atoms with Gasteiger partial charge in [0, 0.05) is 6.54 Å². The third-order valence-electron chi connectivity index (χ3n) is 2.56. The van der Waals surface area contributed by atoms with Crippen molar-refractivity contribution < 1.29 is 25.6 Å². The van der Waals surface area contributed by atoms with Gasteiger partial charge in [0.2, 0.25) is 0 Å². The maximum Gasteiger partial charge on any atom is 0.397 e. The standard InChI is InChI=1S/C11H18N2O6S2/c1-2-6-13(12)10-4-3-5-11(9-10)20(14,15)8-7-19-21(16,17)18/h3-5,9H,2,6-8,12H2,1H3,(H,16,17,18). The summed E-state index contributed by atoms with van der Waals surface area (Å²) in [4.78, 5) is 0.00508. The second-order valence-electron chi connectivity index (χ2n) is 4.26. The Morgan fingerprint density at radius 1 is 1.29 bits per heavy atom. The molecule has 3 N–H and O–H groups in total. The van der Waals surface area contributed by atoms with Gasteiger partial charge in [-0.25, -0.2) is 18.4 Å². The van der Waals surface area contributed by atoms with E-state index in [0.717, 1.165) is 6.42 Å². The van der Waals surface area contributed by atoms with Gasteiger partial charge in [-0.15, -0.1) is 0 Å². The Morgan fingerprint density at radius 3 is 2.52 bits per heavy atom. The van der Waals surface area contributed by atoms with Crippen molar-refractivity contribution >= 4 is 25.9 Å². The van der Waals surface area contributed by atoms with Gasteiger partial charge >= 0.3 is 10.4 Å². The first-order valence-corrected chi connectivity index (χ1v) is 9.14. The molecule has 0 unspecified atom stereocenters. The van der Waals surface area contributed by atoms with Crippen LogP contribution in [0.5, 0.6) is 0 Å². The third-order valence-corrected chi connectivity index (χ3v) is 4.70. The van der Waals surface area contributed by atoms with Crippen molar-refractivity contribution in [3.8, 4) is 0 Å². The van der Waals surface area contributed by atoms with E-state index in [1.54, 1.807) is 12.1 Å². The minimum atomic E-state index is -4.65. The molecule has 10 heteroatoms. The molecule has 0 spiro atoms. The van der Waals surface area contributed by atoms with Gasteiger partial charge in [0.25, 0.3) is 0 Å². The molecule has 8 nitrogen and oxygen atoms in total. The van der Waals surface area contributed by atoms with Gasteiger partial charge in [-0.05, 0) is 24.6 Å². The lowest BCUT2D eigenvalue weighted by atomic mass is 10.3. The molecule has 1 aromatic rings. The predicted molar refractivity (Wildman–Crippen MR) is 77.8 cm³/mol. The number of nitrogens with zero attached hydrogens (tertiary/aromatic N) is 1. The maximum absolute atomic E-state index is 12.0. The number of hydrogen-bond acceptors (Lipinski definition) is 7. The molecule has 0 aliphatic carbocycles. The quantitative estimate of drug-likeness (QED) is 0.395. The molecule has 0 aromatic heterocycles. The largest absolute Gasteiger partial charge is 0.397 e. The minimum Gasteiger partial charge on any atom is -0.311 e. The molecule has 0 amide bonds.